The monoisotopic (exact) mass is 368 g/mol. The zero-order chi connectivity index (χ0) is 17.5. The molecule has 10 heteroatoms. The summed E-state index contributed by atoms with van der Waals surface area (Å²) in [4.78, 5) is 24.6. The van der Waals surface area contributed by atoms with Crippen molar-refractivity contribution < 1.29 is 27.9 Å². The Morgan fingerprint density at radius 2 is 2.13 bits per heavy atom. The molecule has 23 heavy (non-hydrogen) atoms. The van der Waals surface area contributed by atoms with E-state index in [4.69, 9.17) is 9.84 Å². The summed E-state index contributed by atoms with van der Waals surface area (Å²) in [6.07, 6.45) is 3.69. The Morgan fingerprint density at radius 3 is 2.70 bits per heavy atom. The number of morpholine rings is 1. The van der Waals surface area contributed by atoms with Crippen LogP contribution in [0.25, 0.3) is 0 Å². The highest BCUT2D eigenvalue weighted by molar-refractivity contribution is 7.98. The number of carboxylic acid groups (broad SMARTS) is 1. The number of ether oxygens (including phenoxy) is 1. The van der Waals surface area contributed by atoms with E-state index in [1.54, 1.807) is 16.7 Å². The number of rotatable bonds is 9. The van der Waals surface area contributed by atoms with Crippen LogP contribution in [0.2, 0.25) is 0 Å². The Balaban J connectivity index is 2.59. The van der Waals surface area contributed by atoms with Gasteiger partial charge in [-0.15, -0.1) is 0 Å². The van der Waals surface area contributed by atoms with E-state index < -0.39 is 28.6 Å². The Morgan fingerprint density at radius 1 is 1.43 bits per heavy atom. The minimum absolute atomic E-state index is 0.0245. The van der Waals surface area contributed by atoms with Gasteiger partial charge in [-0.1, -0.05) is 0 Å². The lowest BCUT2D eigenvalue weighted by atomic mass is 10.2. The molecule has 1 N–H and O–H groups in total. The molecule has 1 atom stereocenters. The van der Waals surface area contributed by atoms with Crippen molar-refractivity contribution >= 4 is 33.7 Å². The summed E-state index contributed by atoms with van der Waals surface area (Å²) in [5.41, 5.74) is 0. The molecular formula is C13H24N2O6S2. The number of carboxylic acids is 1. The van der Waals surface area contributed by atoms with Crippen molar-refractivity contribution in [2.24, 2.45) is 0 Å². The fraction of sp³-hybridized carbons (Fsp3) is 0.846. The highest BCUT2D eigenvalue weighted by Gasteiger charge is 2.29. The van der Waals surface area contributed by atoms with Gasteiger partial charge in [0.15, 0.2) is 0 Å². The average molecular weight is 368 g/mol. The van der Waals surface area contributed by atoms with Crippen molar-refractivity contribution in [1.29, 1.82) is 0 Å². The minimum Gasteiger partial charge on any atom is -0.480 e. The van der Waals surface area contributed by atoms with E-state index in [1.165, 1.54) is 0 Å². The number of aliphatic carboxylic acids is 1. The SMILES string of the molecule is CSCCCC(=O)N1CCOC(CN(CC(=O)O)S(C)(=O)=O)C1. The molecule has 0 aromatic rings. The number of hydrogen-bond donors (Lipinski definition) is 1. The maximum atomic E-state index is 12.1. The summed E-state index contributed by atoms with van der Waals surface area (Å²) in [6.45, 7) is 0.403. The molecule has 1 fully saturated rings. The van der Waals surface area contributed by atoms with Gasteiger partial charge in [-0.3, -0.25) is 9.59 Å². The van der Waals surface area contributed by atoms with E-state index in [-0.39, 0.29) is 19.0 Å². The van der Waals surface area contributed by atoms with Crippen LogP contribution in [0.4, 0.5) is 0 Å². The maximum absolute atomic E-state index is 12.1. The normalized spacial score (nSPS) is 19.1. The Kier molecular flexibility index (Phi) is 8.31. The van der Waals surface area contributed by atoms with Gasteiger partial charge in [0.25, 0.3) is 0 Å². The number of carbonyl (C=O) groups is 2. The molecule has 134 valence electrons. The first-order valence-corrected chi connectivity index (χ1v) is 10.5. The number of sulfonamides is 1. The molecule has 1 amide bonds. The zero-order valence-electron chi connectivity index (χ0n) is 13.4. The summed E-state index contributed by atoms with van der Waals surface area (Å²) in [5.74, 6) is -0.285. The predicted octanol–water partition coefficient (Wildman–Crippen LogP) is -0.297. The molecular weight excluding hydrogens is 344 g/mol. The van der Waals surface area contributed by atoms with E-state index in [0.717, 1.165) is 22.7 Å². The van der Waals surface area contributed by atoms with Gasteiger partial charge in [-0.05, 0) is 18.4 Å². The van der Waals surface area contributed by atoms with Crippen molar-refractivity contribution in [2.75, 3.05) is 51.1 Å². The van der Waals surface area contributed by atoms with Gasteiger partial charge in [-0.25, -0.2) is 8.42 Å². The van der Waals surface area contributed by atoms with E-state index in [9.17, 15) is 18.0 Å². The number of carbonyl (C=O) groups excluding carboxylic acids is 1. The lowest BCUT2D eigenvalue weighted by molar-refractivity contribution is -0.141. The number of thioether (sulfide) groups is 1. The third-order valence-electron chi connectivity index (χ3n) is 3.42. The molecule has 0 spiro atoms. The third kappa shape index (κ3) is 7.51. The largest absolute Gasteiger partial charge is 0.480 e. The first-order valence-electron chi connectivity index (χ1n) is 7.29. The minimum atomic E-state index is -3.65. The van der Waals surface area contributed by atoms with Crippen molar-refractivity contribution in [3.8, 4) is 0 Å². The predicted molar refractivity (Wildman–Crippen MR) is 88.0 cm³/mol. The van der Waals surface area contributed by atoms with E-state index in [1.807, 2.05) is 6.26 Å². The Labute approximate surface area is 141 Å². The number of amides is 1. The third-order valence-corrected chi connectivity index (χ3v) is 5.33. The lowest BCUT2D eigenvalue weighted by Crippen LogP contribution is -2.51. The summed E-state index contributed by atoms with van der Waals surface area (Å²) in [6, 6.07) is 0. The molecule has 0 aliphatic carbocycles. The van der Waals surface area contributed by atoms with Crippen LogP contribution in [0, 0.1) is 0 Å². The first kappa shape index (κ1) is 20.2. The van der Waals surface area contributed by atoms with E-state index in [0.29, 0.717) is 19.6 Å². The second-order valence-corrected chi connectivity index (χ2v) is 8.35. The zero-order valence-corrected chi connectivity index (χ0v) is 15.1. The van der Waals surface area contributed by atoms with Gasteiger partial charge < -0.3 is 14.7 Å². The molecule has 0 aromatic carbocycles. The summed E-state index contributed by atoms with van der Waals surface area (Å²) >= 11 is 1.68. The van der Waals surface area contributed by atoms with Gasteiger partial charge in [0.05, 0.1) is 19.0 Å². The molecule has 0 aromatic heterocycles. The molecule has 1 aliphatic rings. The molecule has 8 nitrogen and oxygen atoms in total. The van der Waals surface area contributed by atoms with Gasteiger partial charge in [-0.2, -0.15) is 16.1 Å². The van der Waals surface area contributed by atoms with Crippen molar-refractivity contribution in [3.05, 3.63) is 0 Å². The second-order valence-electron chi connectivity index (χ2n) is 5.38. The maximum Gasteiger partial charge on any atom is 0.318 e. The van der Waals surface area contributed by atoms with Crippen LogP contribution in [0.1, 0.15) is 12.8 Å². The van der Waals surface area contributed by atoms with Crippen LogP contribution in [0.5, 0.6) is 0 Å². The number of nitrogens with zero attached hydrogens (tertiary/aromatic N) is 2. The summed E-state index contributed by atoms with van der Waals surface area (Å²) < 4.78 is 29.7. The van der Waals surface area contributed by atoms with Gasteiger partial charge in [0.1, 0.15) is 6.54 Å². The van der Waals surface area contributed by atoms with Gasteiger partial charge in [0, 0.05) is 26.1 Å². The molecule has 1 rings (SSSR count). The fourth-order valence-electron chi connectivity index (χ4n) is 2.28. The smallest absolute Gasteiger partial charge is 0.318 e. The highest BCUT2D eigenvalue weighted by Crippen LogP contribution is 2.12. The second kappa shape index (κ2) is 9.45. The van der Waals surface area contributed by atoms with Crippen LogP contribution < -0.4 is 0 Å². The van der Waals surface area contributed by atoms with Gasteiger partial charge >= 0.3 is 5.97 Å². The number of hydrogen-bond acceptors (Lipinski definition) is 6. The molecule has 1 aliphatic heterocycles. The van der Waals surface area contributed by atoms with Crippen molar-refractivity contribution in [3.63, 3.8) is 0 Å². The molecule has 0 bridgehead atoms. The Bertz CT molecular complexity index is 511. The van der Waals surface area contributed by atoms with Gasteiger partial charge in [0.2, 0.25) is 15.9 Å². The van der Waals surface area contributed by atoms with E-state index >= 15 is 0 Å². The molecule has 0 radical (unpaired) electrons. The van der Waals surface area contributed by atoms with Crippen LogP contribution in [-0.2, 0) is 24.3 Å². The molecule has 1 heterocycles. The molecule has 1 unspecified atom stereocenters. The van der Waals surface area contributed by atoms with Crippen LogP contribution >= 0.6 is 11.8 Å². The quantitative estimate of drug-likeness (QED) is 0.557. The highest BCUT2D eigenvalue weighted by atomic mass is 32.2. The average Bonchev–Trinajstić information content (AvgIpc) is 2.45. The Hall–Kier alpha value is -0.840. The van der Waals surface area contributed by atoms with Crippen LogP contribution in [0.15, 0.2) is 0 Å². The van der Waals surface area contributed by atoms with E-state index in [2.05, 4.69) is 0 Å². The summed E-state index contributed by atoms with van der Waals surface area (Å²) in [7, 11) is -3.65. The first-order chi connectivity index (χ1) is 10.7. The molecule has 1 saturated heterocycles. The van der Waals surface area contributed by atoms with Crippen molar-refractivity contribution in [1.82, 2.24) is 9.21 Å². The fourth-order valence-corrected chi connectivity index (χ4v) is 3.49. The van der Waals surface area contributed by atoms with Crippen LogP contribution in [-0.4, -0.2) is 91.8 Å². The van der Waals surface area contributed by atoms with Crippen LogP contribution in [0.3, 0.4) is 0 Å². The molecule has 0 saturated carbocycles. The topological polar surface area (TPSA) is 104 Å². The standard InChI is InChI=1S/C13H24N2O6S2/c1-22-7-3-4-12(16)14-5-6-21-11(8-14)9-15(10-13(17)18)23(2,19)20/h11H,3-10H2,1-2H3,(H,17,18). The summed E-state index contributed by atoms with van der Waals surface area (Å²) in [5, 5.41) is 8.82. The lowest BCUT2D eigenvalue weighted by Gasteiger charge is -2.35. The van der Waals surface area contributed by atoms with Crippen molar-refractivity contribution in [2.45, 2.75) is 18.9 Å².